The molecular weight excluding hydrogens is 264 g/mol. The number of ether oxygens (including phenoxy) is 1. The maximum Gasteiger partial charge on any atom is 0.305 e. The van der Waals surface area contributed by atoms with Gasteiger partial charge in [0.05, 0.1) is 13.2 Å². The number of unbranched alkanes of at least 4 members (excludes halogenated alkanes) is 9. The summed E-state index contributed by atoms with van der Waals surface area (Å²) in [5, 5.41) is 9.80. The molecule has 0 aromatic heterocycles. The smallest absolute Gasteiger partial charge is 0.305 e. The fourth-order valence-corrected chi connectivity index (χ4v) is 2.59. The predicted molar refractivity (Wildman–Crippen MR) is 88.3 cm³/mol. The van der Waals surface area contributed by atoms with Crippen LogP contribution in [0.1, 0.15) is 96.8 Å². The van der Waals surface area contributed by atoms with Gasteiger partial charge in [-0.1, -0.05) is 71.1 Å². The molecule has 0 amide bonds. The van der Waals surface area contributed by atoms with Gasteiger partial charge in [0, 0.05) is 6.42 Å². The van der Waals surface area contributed by atoms with E-state index in [0.29, 0.717) is 6.42 Å². The number of hydrogen-bond acceptors (Lipinski definition) is 3. The Bertz CT molecular complexity index is 229. The monoisotopic (exact) mass is 300 g/mol. The minimum atomic E-state index is -0.0903. The van der Waals surface area contributed by atoms with Crippen LogP contribution in [0.3, 0.4) is 0 Å². The maximum absolute atomic E-state index is 10.9. The third-order valence-corrected chi connectivity index (χ3v) is 4.04. The van der Waals surface area contributed by atoms with Crippen molar-refractivity contribution in [3.63, 3.8) is 0 Å². The number of methoxy groups -OCH3 is 1. The molecule has 21 heavy (non-hydrogen) atoms. The first-order valence-corrected chi connectivity index (χ1v) is 8.95. The average Bonchev–Trinajstić information content (AvgIpc) is 2.49. The minimum Gasteiger partial charge on any atom is -0.469 e. The third kappa shape index (κ3) is 15.6. The highest BCUT2D eigenvalue weighted by Gasteiger charge is 2.03. The number of esters is 1. The molecule has 0 fully saturated rings. The van der Waals surface area contributed by atoms with E-state index in [2.05, 4.69) is 11.7 Å². The first kappa shape index (κ1) is 20.4. The fraction of sp³-hybridized carbons (Fsp3) is 0.944. The second-order valence-electron chi connectivity index (χ2n) is 6.09. The summed E-state index contributed by atoms with van der Waals surface area (Å²) >= 11 is 0. The summed E-state index contributed by atoms with van der Waals surface area (Å²) in [5.74, 6) is -0.0903. The van der Waals surface area contributed by atoms with Crippen molar-refractivity contribution >= 4 is 5.97 Å². The second kappa shape index (κ2) is 15.8. The molecule has 0 bridgehead atoms. The SMILES string of the molecule is CCCCCC(O)CCCCCCCCCCC(=O)OC. The molecule has 0 aliphatic rings. The molecule has 0 saturated heterocycles. The largest absolute Gasteiger partial charge is 0.469 e. The van der Waals surface area contributed by atoms with Crippen molar-refractivity contribution in [1.82, 2.24) is 0 Å². The summed E-state index contributed by atoms with van der Waals surface area (Å²) in [7, 11) is 1.45. The van der Waals surface area contributed by atoms with Gasteiger partial charge in [-0.3, -0.25) is 4.79 Å². The van der Waals surface area contributed by atoms with E-state index >= 15 is 0 Å². The summed E-state index contributed by atoms with van der Waals surface area (Å²) < 4.78 is 4.61. The van der Waals surface area contributed by atoms with Gasteiger partial charge < -0.3 is 9.84 Å². The lowest BCUT2D eigenvalue weighted by atomic mass is 10.0. The van der Waals surface area contributed by atoms with Gasteiger partial charge in [-0.15, -0.1) is 0 Å². The molecule has 0 aromatic carbocycles. The van der Waals surface area contributed by atoms with E-state index in [-0.39, 0.29) is 12.1 Å². The van der Waals surface area contributed by atoms with Crippen LogP contribution >= 0.6 is 0 Å². The van der Waals surface area contributed by atoms with Crippen LogP contribution in [-0.4, -0.2) is 24.3 Å². The number of aliphatic hydroxyl groups is 1. The standard InChI is InChI=1S/C18H36O3/c1-3-4-11-14-17(19)15-12-9-7-5-6-8-10-13-16-18(20)21-2/h17,19H,3-16H2,1-2H3. The van der Waals surface area contributed by atoms with Crippen molar-refractivity contribution in [1.29, 1.82) is 0 Å². The molecule has 3 heteroatoms. The second-order valence-corrected chi connectivity index (χ2v) is 6.09. The van der Waals surface area contributed by atoms with Gasteiger partial charge in [0.25, 0.3) is 0 Å². The summed E-state index contributed by atoms with van der Waals surface area (Å²) in [6, 6.07) is 0. The molecule has 1 atom stereocenters. The molecule has 0 saturated carbocycles. The average molecular weight is 300 g/mol. The molecule has 0 heterocycles. The number of rotatable bonds is 15. The van der Waals surface area contributed by atoms with Crippen molar-refractivity contribution in [2.24, 2.45) is 0 Å². The zero-order chi connectivity index (χ0) is 15.8. The Morgan fingerprint density at radius 2 is 1.33 bits per heavy atom. The number of carbonyl (C=O) groups is 1. The predicted octanol–water partition coefficient (Wildman–Crippen LogP) is 5.00. The van der Waals surface area contributed by atoms with Crippen molar-refractivity contribution in [2.45, 2.75) is 103 Å². The topological polar surface area (TPSA) is 46.5 Å². The van der Waals surface area contributed by atoms with Crippen molar-refractivity contribution in [2.75, 3.05) is 7.11 Å². The Morgan fingerprint density at radius 1 is 0.857 bits per heavy atom. The Labute approximate surface area is 131 Å². The Balaban J connectivity index is 3.13. The minimum absolute atomic E-state index is 0.0742. The Hall–Kier alpha value is -0.570. The summed E-state index contributed by atoms with van der Waals surface area (Å²) in [6.45, 7) is 2.20. The molecular formula is C18H36O3. The molecule has 0 aliphatic carbocycles. The number of carbonyl (C=O) groups excluding carboxylic acids is 1. The zero-order valence-electron chi connectivity index (χ0n) is 14.2. The highest BCUT2D eigenvalue weighted by Crippen LogP contribution is 2.13. The van der Waals surface area contributed by atoms with E-state index in [1.165, 1.54) is 58.5 Å². The van der Waals surface area contributed by atoms with Crippen molar-refractivity contribution in [3.8, 4) is 0 Å². The van der Waals surface area contributed by atoms with Crippen LogP contribution in [0.4, 0.5) is 0 Å². The number of aliphatic hydroxyl groups excluding tert-OH is 1. The fourth-order valence-electron chi connectivity index (χ4n) is 2.59. The molecule has 126 valence electrons. The van der Waals surface area contributed by atoms with Gasteiger partial charge in [-0.05, 0) is 19.3 Å². The lowest BCUT2D eigenvalue weighted by Gasteiger charge is -2.09. The summed E-state index contributed by atoms with van der Waals surface area (Å²) in [5.41, 5.74) is 0. The van der Waals surface area contributed by atoms with Crippen molar-refractivity contribution in [3.05, 3.63) is 0 Å². The molecule has 1 N–H and O–H groups in total. The molecule has 0 rings (SSSR count). The summed E-state index contributed by atoms with van der Waals surface area (Å²) in [4.78, 5) is 10.9. The van der Waals surface area contributed by atoms with Gasteiger partial charge in [-0.25, -0.2) is 0 Å². The first-order chi connectivity index (χ1) is 10.2. The lowest BCUT2D eigenvalue weighted by Crippen LogP contribution is -2.05. The van der Waals surface area contributed by atoms with Crippen LogP contribution in [0.2, 0.25) is 0 Å². The molecule has 3 nitrogen and oxygen atoms in total. The molecule has 0 aromatic rings. The van der Waals surface area contributed by atoms with E-state index in [1.807, 2.05) is 0 Å². The van der Waals surface area contributed by atoms with Crippen LogP contribution in [0.25, 0.3) is 0 Å². The lowest BCUT2D eigenvalue weighted by molar-refractivity contribution is -0.140. The molecule has 0 aliphatic heterocycles. The Kier molecular flexibility index (Phi) is 15.4. The zero-order valence-corrected chi connectivity index (χ0v) is 14.2. The van der Waals surface area contributed by atoms with E-state index in [9.17, 15) is 9.90 Å². The van der Waals surface area contributed by atoms with Crippen LogP contribution in [-0.2, 0) is 9.53 Å². The van der Waals surface area contributed by atoms with Gasteiger partial charge in [-0.2, -0.15) is 0 Å². The molecule has 0 radical (unpaired) electrons. The first-order valence-electron chi connectivity index (χ1n) is 8.95. The van der Waals surface area contributed by atoms with Crippen LogP contribution in [0.15, 0.2) is 0 Å². The van der Waals surface area contributed by atoms with E-state index in [4.69, 9.17) is 0 Å². The van der Waals surface area contributed by atoms with Gasteiger partial charge in [0.15, 0.2) is 0 Å². The van der Waals surface area contributed by atoms with Crippen molar-refractivity contribution < 1.29 is 14.6 Å². The van der Waals surface area contributed by atoms with Crippen LogP contribution < -0.4 is 0 Å². The number of hydrogen-bond donors (Lipinski definition) is 1. The van der Waals surface area contributed by atoms with E-state index in [0.717, 1.165) is 32.1 Å². The highest BCUT2D eigenvalue weighted by molar-refractivity contribution is 5.68. The highest BCUT2D eigenvalue weighted by atomic mass is 16.5. The molecule has 1 unspecified atom stereocenters. The maximum atomic E-state index is 10.9. The van der Waals surface area contributed by atoms with Gasteiger partial charge in [0.2, 0.25) is 0 Å². The summed E-state index contributed by atoms with van der Waals surface area (Å²) in [6.07, 6.45) is 15.6. The Morgan fingerprint density at radius 3 is 1.86 bits per heavy atom. The quantitative estimate of drug-likeness (QED) is 0.342. The molecule has 0 spiro atoms. The normalized spacial score (nSPS) is 12.3. The van der Waals surface area contributed by atoms with Gasteiger partial charge in [0.1, 0.15) is 0 Å². The van der Waals surface area contributed by atoms with Gasteiger partial charge >= 0.3 is 5.97 Å². The van der Waals surface area contributed by atoms with E-state index < -0.39 is 0 Å². The van der Waals surface area contributed by atoms with E-state index in [1.54, 1.807) is 0 Å². The third-order valence-electron chi connectivity index (χ3n) is 4.04. The van der Waals surface area contributed by atoms with Crippen LogP contribution in [0.5, 0.6) is 0 Å². The van der Waals surface area contributed by atoms with Crippen LogP contribution in [0, 0.1) is 0 Å².